The summed E-state index contributed by atoms with van der Waals surface area (Å²) in [6.07, 6.45) is 7.29. The molecule has 34 heavy (non-hydrogen) atoms. The molecule has 0 bridgehead atoms. The molecule has 0 atom stereocenters. The average Bonchev–Trinajstić information content (AvgIpc) is 3.39. The Balaban J connectivity index is 1.33. The summed E-state index contributed by atoms with van der Waals surface area (Å²) in [6.45, 7) is 0.984. The Kier molecular flexibility index (Phi) is 4.80. The van der Waals surface area contributed by atoms with Crippen LogP contribution in [-0.4, -0.2) is 61.2 Å². The molecule has 0 radical (unpaired) electrons. The fourth-order valence-corrected chi connectivity index (χ4v) is 3.85. The molecule has 5 heterocycles. The molecule has 6 rings (SSSR count). The van der Waals surface area contributed by atoms with E-state index in [1.54, 1.807) is 36.0 Å². The number of amides is 1. The van der Waals surface area contributed by atoms with Gasteiger partial charge in [-0.3, -0.25) is 18.8 Å². The molecular weight excluding hydrogens is 438 g/mol. The van der Waals surface area contributed by atoms with E-state index in [9.17, 15) is 9.59 Å². The van der Waals surface area contributed by atoms with E-state index < -0.39 is 0 Å². The van der Waals surface area contributed by atoms with Crippen molar-refractivity contribution < 1.29 is 9.53 Å². The number of carbonyl (C=O) groups excluding carboxylic acids is 1. The van der Waals surface area contributed by atoms with Crippen LogP contribution in [0.5, 0.6) is 0 Å². The van der Waals surface area contributed by atoms with Crippen LogP contribution in [0.1, 0.15) is 29.2 Å². The number of hydrogen-bond donors (Lipinski definition) is 3. The number of nitrogens with zero attached hydrogens (tertiary/aromatic N) is 6. The second-order valence-corrected chi connectivity index (χ2v) is 8.39. The van der Waals surface area contributed by atoms with E-state index in [-0.39, 0.29) is 17.5 Å². The van der Waals surface area contributed by atoms with Gasteiger partial charge in [0.25, 0.3) is 11.5 Å². The van der Waals surface area contributed by atoms with Gasteiger partial charge in [0.05, 0.1) is 31.5 Å². The quantitative estimate of drug-likeness (QED) is 0.376. The Labute approximate surface area is 193 Å². The Morgan fingerprint density at radius 3 is 2.79 bits per heavy atom. The van der Waals surface area contributed by atoms with Crippen LogP contribution in [0, 0.1) is 0 Å². The van der Waals surface area contributed by atoms with Crippen molar-refractivity contribution in [1.82, 2.24) is 34.3 Å². The van der Waals surface area contributed by atoms with Crippen molar-refractivity contribution in [3.8, 4) is 5.82 Å². The highest BCUT2D eigenvalue weighted by Gasteiger charge is 2.25. The van der Waals surface area contributed by atoms with Crippen LogP contribution in [0.2, 0.25) is 0 Å². The zero-order valence-electron chi connectivity index (χ0n) is 18.4. The predicted octanol–water partition coefficient (Wildman–Crippen LogP) is 1.33. The molecule has 12 heteroatoms. The molecule has 0 aromatic carbocycles. The second kappa shape index (κ2) is 7.99. The Morgan fingerprint density at radius 1 is 1.21 bits per heavy atom. The van der Waals surface area contributed by atoms with Gasteiger partial charge in [-0.2, -0.15) is 14.7 Å². The van der Waals surface area contributed by atoms with Crippen LogP contribution in [0.15, 0.2) is 47.7 Å². The van der Waals surface area contributed by atoms with Crippen LogP contribution in [0.25, 0.3) is 11.5 Å². The first kappa shape index (κ1) is 20.4. The van der Waals surface area contributed by atoms with E-state index in [4.69, 9.17) is 4.74 Å². The van der Waals surface area contributed by atoms with Crippen LogP contribution < -0.4 is 21.5 Å². The number of ether oxygens (including phenoxy) is 1. The highest BCUT2D eigenvalue weighted by atomic mass is 16.5. The number of carbonyl (C=O) groups is 1. The number of nitrogens with one attached hydrogen (secondary N) is 3. The highest BCUT2D eigenvalue weighted by Crippen LogP contribution is 2.34. The van der Waals surface area contributed by atoms with Gasteiger partial charge in [-0.1, -0.05) is 0 Å². The van der Waals surface area contributed by atoms with Crippen LogP contribution in [0.3, 0.4) is 0 Å². The number of fused-ring (bicyclic) bond motifs is 1. The minimum absolute atomic E-state index is 0.0151. The maximum atomic E-state index is 13.2. The smallest absolute Gasteiger partial charge is 0.280 e. The predicted molar refractivity (Wildman–Crippen MR) is 124 cm³/mol. The Hall–Kier alpha value is -4.19. The molecule has 4 aromatic heterocycles. The highest BCUT2D eigenvalue weighted by molar-refractivity contribution is 6.00. The number of pyridine rings is 1. The van der Waals surface area contributed by atoms with Gasteiger partial charge in [0.15, 0.2) is 11.5 Å². The van der Waals surface area contributed by atoms with Crippen LogP contribution in [0.4, 0.5) is 17.3 Å². The molecule has 1 aliphatic carbocycles. The van der Waals surface area contributed by atoms with Crippen molar-refractivity contribution in [2.24, 2.45) is 0 Å². The first-order valence-electron chi connectivity index (χ1n) is 11.1. The lowest BCUT2D eigenvalue weighted by Crippen LogP contribution is -2.48. The standard InChI is InChI=1S/C22H23N9O3/c1-23-19-9-17(27-20-15(10-24-31(19)20)21(32)25-13-11-34-12-13)26-16-3-2-7-29(22(16)33)18-6-8-30(28-18)14-4-5-14/h2-3,6-10,13-14,23H,4-5,11-12H2,1H3,(H,25,32)(H,26,27). The maximum absolute atomic E-state index is 13.2. The Bertz CT molecular complexity index is 1450. The summed E-state index contributed by atoms with van der Waals surface area (Å²) in [5.74, 6) is 1.30. The molecule has 2 aliphatic rings. The molecule has 12 nitrogen and oxygen atoms in total. The molecule has 3 N–H and O–H groups in total. The van der Waals surface area contributed by atoms with E-state index >= 15 is 0 Å². The number of anilines is 3. The third-order valence-electron chi connectivity index (χ3n) is 5.92. The summed E-state index contributed by atoms with van der Waals surface area (Å²) in [5.41, 5.74) is 0.779. The molecule has 2 fully saturated rings. The van der Waals surface area contributed by atoms with E-state index in [1.165, 1.54) is 10.8 Å². The van der Waals surface area contributed by atoms with Gasteiger partial charge in [0, 0.05) is 31.6 Å². The average molecular weight is 461 g/mol. The van der Waals surface area contributed by atoms with E-state index in [0.29, 0.717) is 53.6 Å². The monoisotopic (exact) mass is 461 g/mol. The maximum Gasteiger partial charge on any atom is 0.280 e. The first-order chi connectivity index (χ1) is 16.6. The molecule has 4 aromatic rings. The van der Waals surface area contributed by atoms with Crippen LogP contribution in [-0.2, 0) is 4.74 Å². The summed E-state index contributed by atoms with van der Waals surface area (Å²) in [5, 5.41) is 17.9. The Morgan fingerprint density at radius 2 is 2.06 bits per heavy atom. The van der Waals surface area contributed by atoms with Crippen molar-refractivity contribution in [3.05, 3.63) is 58.8 Å². The molecule has 1 saturated carbocycles. The zero-order valence-corrected chi connectivity index (χ0v) is 18.4. The van der Waals surface area contributed by atoms with E-state index in [0.717, 1.165) is 12.8 Å². The van der Waals surface area contributed by atoms with Gasteiger partial charge in [0.2, 0.25) is 0 Å². The number of rotatable bonds is 7. The summed E-state index contributed by atoms with van der Waals surface area (Å²) in [7, 11) is 1.75. The second-order valence-electron chi connectivity index (χ2n) is 8.39. The lowest BCUT2D eigenvalue weighted by molar-refractivity contribution is -0.00343. The van der Waals surface area contributed by atoms with Gasteiger partial charge >= 0.3 is 0 Å². The summed E-state index contributed by atoms with van der Waals surface area (Å²) >= 11 is 0. The van der Waals surface area contributed by atoms with Gasteiger partial charge in [0.1, 0.15) is 22.9 Å². The van der Waals surface area contributed by atoms with Crippen molar-refractivity contribution in [2.75, 3.05) is 30.9 Å². The molecule has 0 unspecified atom stereocenters. The fourth-order valence-electron chi connectivity index (χ4n) is 3.85. The van der Waals surface area contributed by atoms with Gasteiger partial charge in [-0.15, -0.1) is 0 Å². The lowest BCUT2D eigenvalue weighted by atomic mass is 10.2. The summed E-state index contributed by atoms with van der Waals surface area (Å²) in [6, 6.07) is 7.43. The number of hydrogen-bond acceptors (Lipinski definition) is 8. The molecular formula is C22H23N9O3. The minimum Gasteiger partial charge on any atom is -0.377 e. The topological polar surface area (TPSA) is 132 Å². The molecule has 174 valence electrons. The molecule has 1 amide bonds. The van der Waals surface area contributed by atoms with Crippen LogP contribution >= 0.6 is 0 Å². The third-order valence-corrected chi connectivity index (χ3v) is 5.92. The van der Waals surface area contributed by atoms with Crippen molar-refractivity contribution in [2.45, 2.75) is 24.9 Å². The molecule has 1 aliphatic heterocycles. The zero-order chi connectivity index (χ0) is 23.2. The van der Waals surface area contributed by atoms with Gasteiger partial charge < -0.3 is 20.7 Å². The number of aromatic nitrogens is 6. The first-order valence-corrected chi connectivity index (χ1v) is 11.1. The van der Waals surface area contributed by atoms with E-state index in [1.807, 2.05) is 16.9 Å². The minimum atomic E-state index is -0.275. The SMILES string of the molecule is CNc1cc(Nc2cccn(-c3ccn(C4CC4)n3)c2=O)nc2c(C(=O)NC3COC3)cnn12. The normalized spacial score (nSPS) is 15.8. The lowest BCUT2D eigenvalue weighted by Gasteiger charge is -2.26. The van der Waals surface area contributed by atoms with Gasteiger partial charge in [-0.25, -0.2) is 4.98 Å². The van der Waals surface area contributed by atoms with Crippen molar-refractivity contribution in [3.63, 3.8) is 0 Å². The largest absolute Gasteiger partial charge is 0.377 e. The van der Waals surface area contributed by atoms with Crippen molar-refractivity contribution in [1.29, 1.82) is 0 Å². The summed E-state index contributed by atoms with van der Waals surface area (Å²) < 4.78 is 10.1. The molecule has 1 saturated heterocycles. The molecule has 0 spiro atoms. The third kappa shape index (κ3) is 3.57. The van der Waals surface area contributed by atoms with E-state index in [2.05, 4.69) is 31.1 Å². The van der Waals surface area contributed by atoms with Crippen molar-refractivity contribution >= 4 is 28.9 Å². The summed E-state index contributed by atoms with van der Waals surface area (Å²) in [4.78, 5) is 30.5. The fraction of sp³-hybridized carbons (Fsp3) is 0.318. The van der Waals surface area contributed by atoms with Gasteiger partial charge in [-0.05, 0) is 25.0 Å².